The van der Waals surface area contributed by atoms with Crippen molar-refractivity contribution in [3.63, 3.8) is 0 Å². The highest BCUT2D eigenvalue weighted by atomic mass is 35.5. The van der Waals surface area contributed by atoms with Gasteiger partial charge in [0, 0.05) is 19.6 Å². The predicted molar refractivity (Wildman–Crippen MR) is 385 cm³/mol. The minimum absolute atomic E-state index is 0.129. The molecule has 10 saturated carbocycles. The molecular weight excluding hydrogens is 1120 g/mol. The molecule has 0 amide bonds. The third-order valence-electron chi connectivity index (χ3n) is 25.5. The smallest absolute Gasteiger partial charge is 0.123 e. The van der Waals surface area contributed by atoms with Gasteiger partial charge >= 0.3 is 0 Å². The average molecular weight is 1250 g/mol. The van der Waals surface area contributed by atoms with Crippen LogP contribution in [-0.4, -0.2) is 0 Å². The Morgan fingerprint density at radius 1 is 0.483 bits per heavy atom. The average Bonchev–Trinajstić information content (AvgIpc) is 2.07. The van der Waals surface area contributed by atoms with Crippen molar-refractivity contribution in [1.29, 1.82) is 0 Å². The van der Waals surface area contributed by atoms with Gasteiger partial charge in [-0.15, -0.1) is 11.3 Å². The maximum Gasteiger partial charge on any atom is 0.123 e. The Bertz CT molecular complexity index is 2550. The third-order valence-corrected chi connectivity index (χ3v) is 27.2. The number of hydrogen-bond acceptors (Lipinski definition) is 1. The maximum absolute atomic E-state index is 12.9. The summed E-state index contributed by atoms with van der Waals surface area (Å²) in [5.41, 5.74) is 7.14. The van der Waals surface area contributed by atoms with Crippen molar-refractivity contribution in [2.24, 2.45) is 87.3 Å². The Kier molecular flexibility index (Phi) is 27.1. The van der Waals surface area contributed by atoms with Crippen molar-refractivity contribution in [1.82, 2.24) is 0 Å². The fraction of sp³-hybridized carbons (Fsp3) is 0.735. The molecule has 11 aliphatic carbocycles. The molecule has 1 aromatic heterocycles. The molecule has 10 fully saturated rings. The van der Waals surface area contributed by atoms with Crippen LogP contribution in [0.3, 0.4) is 0 Å². The highest BCUT2D eigenvalue weighted by molar-refractivity contribution is 7.19. The van der Waals surface area contributed by atoms with Gasteiger partial charge in [-0.05, 0) is 279 Å². The summed E-state index contributed by atoms with van der Waals surface area (Å²) in [4.78, 5) is 1.38. The van der Waals surface area contributed by atoms with Crippen molar-refractivity contribution in [3.8, 4) is 0 Å². The van der Waals surface area contributed by atoms with E-state index in [1.54, 1.807) is 50.7 Å². The number of rotatable bonds is 7. The summed E-state index contributed by atoms with van der Waals surface area (Å²) in [6, 6.07) is 21.7. The SMILES string of the molecule is CC(C)C1(C)CC1.CC(C)C1(C)CCCCC1.CC(C)C1(c2ccc(Cl)cc2)CCCC1.CC(C)C1(c2ccc(F)cc2)CCCC1.CC(C)C1CCCCC1.CC12CC3CC(CC(C3)C1)C2.C[C@H]1CC2C=CC1C2.Cc1sc2ccc(Cl)cc2c1C. The molecule has 488 valence electrons. The molecule has 3 aromatic carbocycles. The Morgan fingerprint density at radius 2 is 0.920 bits per heavy atom. The van der Waals surface area contributed by atoms with E-state index in [1.165, 1.54) is 173 Å². The molecule has 0 N–H and O–H groups in total. The third kappa shape index (κ3) is 19.9. The lowest BCUT2D eigenvalue weighted by Gasteiger charge is -2.55. The fourth-order valence-electron chi connectivity index (χ4n) is 18.4. The van der Waals surface area contributed by atoms with Crippen LogP contribution < -0.4 is 0 Å². The van der Waals surface area contributed by atoms with E-state index >= 15 is 0 Å². The highest BCUT2D eigenvalue weighted by Crippen LogP contribution is 2.60. The molecule has 1 heterocycles. The lowest BCUT2D eigenvalue weighted by Crippen LogP contribution is -2.44. The number of benzene rings is 3. The molecule has 2 unspecified atom stereocenters. The predicted octanol–water partition coefficient (Wildman–Crippen LogP) is 28.0. The molecule has 3 atom stereocenters. The van der Waals surface area contributed by atoms with E-state index in [9.17, 15) is 4.39 Å². The Hall–Kier alpha value is -2.13. The fourth-order valence-corrected chi connectivity index (χ4v) is 19.8. The van der Waals surface area contributed by atoms with E-state index in [0.29, 0.717) is 22.2 Å². The van der Waals surface area contributed by atoms with Crippen LogP contribution in [-0.2, 0) is 10.8 Å². The van der Waals surface area contributed by atoms with Crippen molar-refractivity contribution in [3.05, 3.63) is 116 Å². The first kappa shape index (κ1) is 72.3. The summed E-state index contributed by atoms with van der Waals surface area (Å²) >= 11 is 13.7. The van der Waals surface area contributed by atoms with Gasteiger partial charge in [0.1, 0.15) is 5.82 Å². The van der Waals surface area contributed by atoms with Crippen LogP contribution in [0.5, 0.6) is 0 Å². The molecule has 0 aliphatic heterocycles. The molecular formula is C83H129Cl2FS. The van der Waals surface area contributed by atoms with E-state index in [0.717, 1.165) is 86.0 Å². The summed E-state index contributed by atoms with van der Waals surface area (Å²) in [6.45, 7) is 37.4. The van der Waals surface area contributed by atoms with Gasteiger partial charge in [-0.2, -0.15) is 0 Å². The summed E-state index contributed by atoms with van der Waals surface area (Å²) in [6.07, 6.45) is 45.5. The van der Waals surface area contributed by atoms with Gasteiger partial charge in [0.15, 0.2) is 0 Å². The van der Waals surface area contributed by atoms with E-state index in [1.807, 2.05) is 47.7 Å². The highest BCUT2D eigenvalue weighted by Gasteiger charge is 2.48. The van der Waals surface area contributed by atoms with Gasteiger partial charge in [0.05, 0.1) is 0 Å². The zero-order valence-corrected chi connectivity index (χ0v) is 61.1. The van der Waals surface area contributed by atoms with E-state index in [2.05, 4.69) is 141 Å². The molecule has 4 heteroatoms. The summed E-state index contributed by atoms with van der Waals surface area (Å²) in [5.74, 6) is 11.4. The van der Waals surface area contributed by atoms with Crippen molar-refractivity contribution >= 4 is 44.6 Å². The largest absolute Gasteiger partial charge is 0.207 e. The molecule has 4 aromatic rings. The summed E-state index contributed by atoms with van der Waals surface area (Å²) in [7, 11) is 0. The Labute approximate surface area is 550 Å². The van der Waals surface area contributed by atoms with Gasteiger partial charge in [-0.1, -0.05) is 234 Å². The van der Waals surface area contributed by atoms with Gasteiger partial charge < -0.3 is 0 Å². The zero-order valence-electron chi connectivity index (χ0n) is 58.8. The second kappa shape index (κ2) is 32.6. The molecule has 11 aliphatic rings. The van der Waals surface area contributed by atoms with E-state index in [4.69, 9.17) is 23.2 Å². The minimum Gasteiger partial charge on any atom is -0.207 e. The summed E-state index contributed by atoms with van der Waals surface area (Å²) < 4.78 is 14.2. The van der Waals surface area contributed by atoms with Crippen LogP contribution in [0.2, 0.25) is 10.0 Å². The van der Waals surface area contributed by atoms with Crippen LogP contribution in [0.4, 0.5) is 4.39 Å². The molecule has 6 bridgehead atoms. The van der Waals surface area contributed by atoms with Crippen LogP contribution in [0.1, 0.15) is 298 Å². The quantitative estimate of drug-likeness (QED) is 0.162. The number of fused-ring (bicyclic) bond motifs is 3. The van der Waals surface area contributed by atoms with Gasteiger partial charge in [0.2, 0.25) is 0 Å². The number of aryl methyl sites for hydroxylation is 2. The monoisotopic (exact) mass is 1250 g/mol. The molecule has 15 rings (SSSR count). The second-order valence-corrected chi connectivity index (χ2v) is 35.4. The normalized spacial score (nSPS) is 28.0. The molecule has 0 radical (unpaired) electrons. The number of halogens is 3. The lowest BCUT2D eigenvalue weighted by atomic mass is 9.50. The lowest BCUT2D eigenvalue weighted by molar-refractivity contribution is -0.0411. The molecule has 0 nitrogen and oxygen atoms in total. The van der Waals surface area contributed by atoms with Gasteiger partial charge in [0.25, 0.3) is 0 Å². The summed E-state index contributed by atoms with van der Waals surface area (Å²) in [5, 5.41) is 2.96. The van der Waals surface area contributed by atoms with Crippen LogP contribution in [0, 0.1) is 107 Å². The number of hydrogen-bond donors (Lipinski definition) is 0. The van der Waals surface area contributed by atoms with Gasteiger partial charge in [-0.25, -0.2) is 4.39 Å². The number of thiophene rings is 1. The van der Waals surface area contributed by atoms with E-state index in [-0.39, 0.29) is 5.82 Å². The second-order valence-electron chi connectivity index (χ2n) is 33.3. The van der Waals surface area contributed by atoms with Crippen LogP contribution in [0.25, 0.3) is 10.1 Å². The Morgan fingerprint density at radius 3 is 1.26 bits per heavy atom. The number of allylic oxidation sites excluding steroid dienone is 2. The van der Waals surface area contributed by atoms with Crippen molar-refractivity contribution in [2.45, 2.75) is 301 Å². The zero-order chi connectivity index (χ0) is 63.3. The first-order valence-electron chi connectivity index (χ1n) is 36.5. The van der Waals surface area contributed by atoms with Gasteiger partial charge in [-0.3, -0.25) is 0 Å². The molecule has 0 saturated heterocycles. The first-order valence-corrected chi connectivity index (χ1v) is 38.1. The van der Waals surface area contributed by atoms with Crippen molar-refractivity contribution < 1.29 is 4.39 Å². The van der Waals surface area contributed by atoms with Crippen molar-refractivity contribution in [2.75, 3.05) is 0 Å². The first-order chi connectivity index (χ1) is 41.2. The Balaban J connectivity index is 0.000000144. The van der Waals surface area contributed by atoms with Crippen LogP contribution >= 0.6 is 34.5 Å². The van der Waals surface area contributed by atoms with E-state index < -0.39 is 0 Å². The maximum atomic E-state index is 12.9. The topological polar surface area (TPSA) is 0 Å². The molecule has 0 spiro atoms. The minimum atomic E-state index is -0.129. The standard InChI is InChI=1S/C14H19Cl.C14H19F.C11H18.C10H9ClS.C10H20.C9H18.C8H12.C7H14/c2*1-11(2)14(9-3-4-10-14)12-5-7-13(15)8-6-12;1-11-5-8-2-9(6-11)4-10(3-8)7-11;1-6-7(2)12-10-4-3-8(11)5-9(6)10;1-9(2)10(3)7-5-4-6-8-10;1-8(2)9-6-4-3-5-7-9;1-6-4-7-2-3-8(6)5-7;1-6(2)7(3)4-5-7/h2*5-8,11H,3-4,9-10H2,1-2H3;8-10H,2-7H2,1H3;3-5H,1-2H3;9H,4-8H2,1-3H3;8-9H,3-7H2,1-2H3;2-3,6-8H,4-5H2,1H3;6H,4-5H2,1-3H3/t;;;;;;6-,7?,8?;/m......0./s1. The van der Waals surface area contributed by atoms with Crippen LogP contribution in [0.15, 0.2) is 78.9 Å². The molecule has 87 heavy (non-hydrogen) atoms.